The van der Waals surface area contributed by atoms with E-state index in [2.05, 4.69) is 0 Å². The topological polar surface area (TPSA) is 9.23 Å². The van der Waals surface area contributed by atoms with Crippen molar-refractivity contribution in [2.75, 3.05) is 13.2 Å². The molecule has 1 rings (SSSR count). The van der Waals surface area contributed by atoms with Gasteiger partial charge in [0.05, 0.1) is 0 Å². The van der Waals surface area contributed by atoms with Crippen LogP contribution < -0.4 is 24.8 Å². The van der Waals surface area contributed by atoms with Gasteiger partial charge in [0.2, 0.25) is 0 Å². The maximum Gasteiger partial charge on any atom is 2.00 e. The van der Waals surface area contributed by atoms with Crippen molar-refractivity contribution >= 4 is 0 Å². The van der Waals surface area contributed by atoms with E-state index in [1.54, 1.807) is 0 Å². The first-order chi connectivity index (χ1) is 2.50. The van der Waals surface area contributed by atoms with E-state index in [-0.39, 0.29) is 46.5 Å². The zero-order valence-corrected chi connectivity index (χ0v) is 7.57. The van der Waals surface area contributed by atoms with Crippen molar-refractivity contribution in [3.63, 3.8) is 0 Å². The minimum absolute atomic E-state index is 0. The Kier molecular flexibility index (Phi) is 22.4. The van der Waals surface area contributed by atoms with Gasteiger partial charge in [0.25, 0.3) is 0 Å². The van der Waals surface area contributed by atoms with Gasteiger partial charge in [-0.1, -0.05) is 0 Å². The minimum Gasteiger partial charge on any atom is -1.00 e. The van der Waals surface area contributed by atoms with E-state index in [0.717, 1.165) is 13.2 Å². The van der Waals surface area contributed by atoms with Crippen molar-refractivity contribution < 1.29 is 51.3 Å². The van der Waals surface area contributed by atoms with E-state index in [0.29, 0.717) is 0 Å². The standard InChI is InChI=1S/C4H8O.2ClH.Ti/c1-2-4-5-3-1;;;/h1-4H2;2*1H;/q;;;+2/p-2. The van der Waals surface area contributed by atoms with E-state index >= 15 is 0 Å². The molecule has 1 nitrogen and oxygen atoms in total. The van der Waals surface area contributed by atoms with Crippen LogP contribution in [0.1, 0.15) is 12.8 Å². The Labute approximate surface area is 77.3 Å². The first-order valence-corrected chi connectivity index (χ1v) is 2.08. The van der Waals surface area contributed by atoms with Gasteiger partial charge in [-0.25, -0.2) is 0 Å². The average Bonchev–Trinajstić information content (AvgIpc) is 1.76. The third-order valence-electron chi connectivity index (χ3n) is 0.827. The third-order valence-corrected chi connectivity index (χ3v) is 0.827. The summed E-state index contributed by atoms with van der Waals surface area (Å²) in [5.41, 5.74) is 0. The Bertz CT molecular complexity index is 25.6. The molecule has 0 radical (unpaired) electrons. The summed E-state index contributed by atoms with van der Waals surface area (Å²) in [6, 6.07) is 0. The summed E-state index contributed by atoms with van der Waals surface area (Å²) in [5, 5.41) is 0. The van der Waals surface area contributed by atoms with Crippen LogP contribution >= 0.6 is 0 Å². The summed E-state index contributed by atoms with van der Waals surface area (Å²) in [7, 11) is 0. The van der Waals surface area contributed by atoms with Crippen LogP contribution in [0.4, 0.5) is 0 Å². The van der Waals surface area contributed by atoms with Crippen molar-refractivity contribution in [2.24, 2.45) is 0 Å². The molecule has 1 aliphatic rings. The van der Waals surface area contributed by atoms with Gasteiger partial charge in [-0.05, 0) is 12.8 Å². The van der Waals surface area contributed by atoms with Gasteiger partial charge in [-0.3, -0.25) is 0 Å². The molecule has 0 aromatic rings. The van der Waals surface area contributed by atoms with Crippen molar-refractivity contribution in [1.82, 2.24) is 0 Å². The van der Waals surface area contributed by atoms with Gasteiger partial charge in [0, 0.05) is 13.2 Å². The Hall–Kier alpha value is 1.25. The van der Waals surface area contributed by atoms with E-state index in [9.17, 15) is 0 Å². The number of hydrogen-bond acceptors (Lipinski definition) is 1. The zero-order valence-electron chi connectivity index (χ0n) is 4.49. The van der Waals surface area contributed by atoms with Crippen LogP contribution in [0.15, 0.2) is 0 Å². The number of ether oxygens (including phenoxy) is 1. The largest absolute Gasteiger partial charge is 2.00 e. The Morgan fingerprint density at radius 1 is 0.875 bits per heavy atom. The van der Waals surface area contributed by atoms with Crippen LogP contribution in [0.3, 0.4) is 0 Å². The van der Waals surface area contributed by atoms with Crippen LogP contribution in [-0.2, 0) is 26.5 Å². The third kappa shape index (κ3) is 7.25. The second-order valence-electron chi connectivity index (χ2n) is 1.32. The molecule has 1 fully saturated rings. The Morgan fingerprint density at radius 3 is 1.38 bits per heavy atom. The Balaban J connectivity index is -0.0000000833. The predicted molar refractivity (Wildman–Crippen MR) is 20.1 cm³/mol. The van der Waals surface area contributed by atoms with Crippen molar-refractivity contribution in [1.29, 1.82) is 0 Å². The summed E-state index contributed by atoms with van der Waals surface area (Å²) < 4.78 is 4.94. The van der Waals surface area contributed by atoms with Gasteiger partial charge >= 0.3 is 21.7 Å². The normalized spacial score (nSPS) is 15.0. The summed E-state index contributed by atoms with van der Waals surface area (Å²) in [5.74, 6) is 0. The van der Waals surface area contributed by atoms with E-state index < -0.39 is 0 Å². The summed E-state index contributed by atoms with van der Waals surface area (Å²) in [6.45, 7) is 2.00. The average molecular weight is 191 g/mol. The fraction of sp³-hybridized carbons (Fsp3) is 1.00. The minimum atomic E-state index is 0. The second kappa shape index (κ2) is 11.1. The molecule has 1 saturated heterocycles. The fourth-order valence-electron chi connectivity index (χ4n) is 0.510. The number of halogens is 2. The molecule has 0 N–H and O–H groups in total. The zero-order chi connectivity index (χ0) is 3.54. The van der Waals surface area contributed by atoms with Crippen molar-refractivity contribution in [3.8, 4) is 0 Å². The predicted octanol–water partition coefficient (Wildman–Crippen LogP) is -5.20. The quantitative estimate of drug-likeness (QED) is 0.348. The van der Waals surface area contributed by atoms with Crippen LogP contribution in [0, 0.1) is 0 Å². The van der Waals surface area contributed by atoms with Gasteiger partial charge in [0.1, 0.15) is 0 Å². The second-order valence-corrected chi connectivity index (χ2v) is 1.32. The van der Waals surface area contributed by atoms with Crippen molar-refractivity contribution in [2.45, 2.75) is 12.8 Å². The van der Waals surface area contributed by atoms with Crippen LogP contribution in [-0.4, -0.2) is 13.2 Å². The van der Waals surface area contributed by atoms with Gasteiger partial charge in [-0.2, -0.15) is 0 Å². The molecule has 1 aliphatic heterocycles. The molecule has 0 atom stereocenters. The summed E-state index contributed by atoms with van der Waals surface area (Å²) in [6.07, 6.45) is 2.56. The van der Waals surface area contributed by atoms with Gasteiger partial charge in [-0.15, -0.1) is 0 Å². The van der Waals surface area contributed by atoms with E-state index in [1.807, 2.05) is 0 Å². The molecule has 0 unspecified atom stereocenters. The molecule has 4 heteroatoms. The smallest absolute Gasteiger partial charge is 1.00 e. The first kappa shape index (κ1) is 16.1. The van der Waals surface area contributed by atoms with Crippen LogP contribution in [0.2, 0.25) is 0 Å². The van der Waals surface area contributed by atoms with E-state index in [1.165, 1.54) is 12.8 Å². The summed E-state index contributed by atoms with van der Waals surface area (Å²) >= 11 is 0. The molecule has 0 saturated carbocycles. The van der Waals surface area contributed by atoms with Gasteiger partial charge < -0.3 is 29.6 Å². The van der Waals surface area contributed by atoms with E-state index in [4.69, 9.17) is 4.74 Å². The number of rotatable bonds is 0. The SMILES string of the molecule is C1CCOC1.[Cl-].[Cl-].[Ti+2]. The number of hydrogen-bond donors (Lipinski definition) is 0. The molecule has 8 heavy (non-hydrogen) atoms. The van der Waals surface area contributed by atoms with Crippen molar-refractivity contribution in [3.05, 3.63) is 0 Å². The van der Waals surface area contributed by atoms with Crippen LogP contribution in [0.5, 0.6) is 0 Å². The summed E-state index contributed by atoms with van der Waals surface area (Å²) in [4.78, 5) is 0. The molecule has 0 aromatic heterocycles. The Morgan fingerprint density at radius 2 is 1.25 bits per heavy atom. The molecule has 0 bridgehead atoms. The molecule has 0 aliphatic carbocycles. The molecule has 0 spiro atoms. The molecular formula is C4H8Cl2OTi. The molecular weight excluding hydrogens is 183 g/mol. The van der Waals surface area contributed by atoms with Crippen LogP contribution in [0.25, 0.3) is 0 Å². The molecule has 1 heterocycles. The maximum absolute atomic E-state index is 4.94. The molecule has 48 valence electrons. The fourth-order valence-corrected chi connectivity index (χ4v) is 0.510. The first-order valence-electron chi connectivity index (χ1n) is 2.08. The molecule has 0 amide bonds. The van der Waals surface area contributed by atoms with Gasteiger partial charge in [0.15, 0.2) is 0 Å². The maximum atomic E-state index is 4.94. The monoisotopic (exact) mass is 190 g/mol. The molecule has 0 aromatic carbocycles.